The molecule has 114 heavy (non-hydrogen) atoms. The Balaban J connectivity index is 0.0000000990. The standard InChI is InChI=1S/C30H19BrS.C28H17BrS.C26H15BrS.C22H13BrS/c31-25-18-23(22-15-13-21(14-16-22)20-7-2-1-3-8-20)17-24(19-25)26-10-6-12-29-30(26)27-9-4-5-11-28(27)32-29;29-21-7-5-6-20(16-21)18-12-14-19(15-13-18)25-17-26-23-9-3-4-11-27(23)30-28(26)24-10-2-1-8-22(24)25;27-20-12-11-16-13-19(10-9-17(16)14-20)25-21-6-2-1-5-18(21)15-23-22-7-3-4-8-24(22)28-26(23)25;23-15-11-9-14(10-12-15)19-13-20-17-6-3-4-8-21(17)24-22(20)18-7-2-1-5-16(18)19/h1-19H;1-17H;1-15H;1-13H. The van der Waals surface area contributed by atoms with Crippen LogP contribution in [0.25, 0.3) is 202 Å². The highest BCUT2D eigenvalue weighted by molar-refractivity contribution is 9.11. The van der Waals surface area contributed by atoms with Crippen molar-refractivity contribution in [3.05, 3.63) is 406 Å². The highest BCUT2D eigenvalue weighted by Gasteiger charge is 2.20. The zero-order valence-corrected chi connectivity index (χ0v) is 70.7. The lowest BCUT2D eigenvalue weighted by Crippen LogP contribution is -1.85. The molecule has 0 saturated carbocycles. The zero-order chi connectivity index (χ0) is 76.3. The molecule has 0 aliphatic rings. The van der Waals surface area contributed by atoms with Crippen molar-refractivity contribution in [1.29, 1.82) is 0 Å². The van der Waals surface area contributed by atoms with Gasteiger partial charge in [-0.1, -0.05) is 343 Å². The van der Waals surface area contributed by atoms with Gasteiger partial charge in [0, 0.05) is 115 Å². The molecule has 0 atom stereocenters. The Morgan fingerprint density at radius 3 is 1.16 bits per heavy atom. The van der Waals surface area contributed by atoms with Crippen LogP contribution in [0.2, 0.25) is 0 Å². The SMILES string of the molecule is Brc1cc(-c2ccc(-c3ccccc3)cc2)cc(-c2cccc3sc4ccccc4c23)c1.Brc1ccc(-c2cc3c4ccccc4sc3c3ccccc23)cc1.Brc1ccc2cc(-c3c4ccccc4cc4c3sc3ccccc34)ccc2c1.Brc1cccc(-c2ccc(-c3cc4c5ccccc5sc4c4ccccc34)cc2)c1. The molecular weight excluding hydrogens is 1720 g/mol. The summed E-state index contributed by atoms with van der Waals surface area (Å²) in [6, 6.07) is 140. The monoisotopic (exact) mass is 1780 g/mol. The van der Waals surface area contributed by atoms with Gasteiger partial charge in [0.05, 0.1) is 0 Å². The van der Waals surface area contributed by atoms with Crippen LogP contribution in [-0.2, 0) is 0 Å². The first kappa shape index (κ1) is 72.0. The summed E-state index contributed by atoms with van der Waals surface area (Å²) >= 11 is 22.0. The van der Waals surface area contributed by atoms with Crippen LogP contribution in [0.5, 0.6) is 0 Å². The molecule has 0 bridgehead atoms. The van der Waals surface area contributed by atoms with Gasteiger partial charge < -0.3 is 0 Å². The van der Waals surface area contributed by atoms with E-state index in [4.69, 9.17) is 0 Å². The molecule has 540 valence electrons. The zero-order valence-electron chi connectivity index (χ0n) is 61.1. The van der Waals surface area contributed by atoms with E-state index < -0.39 is 0 Å². The maximum absolute atomic E-state index is 3.77. The lowest BCUT2D eigenvalue weighted by atomic mass is 9.94. The lowest BCUT2D eigenvalue weighted by Gasteiger charge is -2.11. The first-order valence-corrected chi connectivity index (χ1v) is 44.2. The number of halogens is 4. The van der Waals surface area contributed by atoms with Gasteiger partial charge in [-0.05, 0) is 214 Å². The van der Waals surface area contributed by atoms with E-state index in [0.29, 0.717) is 0 Å². The Bertz CT molecular complexity index is 7640. The molecule has 4 heterocycles. The van der Waals surface area contributed by atoms with Crippen LogP contribution in [0, 0.1) is 0 Å². The summed E-state index contributed by atoms with van der Waals surface area (Å²) in [4.78, 5) is 0. The third-order valence-corrected chi connectivity index (χ3v) is 28.4. The Morgan fingerprint density at radius 2 is 0.553 bits per heavy atom. The van der Waals surface area contributed by atoms with E-state index in [1.165, 1.54) is 202 Å². The van der Waals surface area contributed by atoms with E-state index in [1.807, 2.05) is 45.3 Å². The summed E-state index contributed by atoms with van der Waals surface area (Å²) in [7, 11) is 0. The molecule has 0 amide bonds. The summed E-state index contributed by atoms with van der Waals surface area (Å²) in [6.45, 7) is 0. The normalized spacial score (nSPS) is 11.5. The number of hydrogen-bond acceptors (Lipinski definition) is 4. The van der Waals surface area contributed by atoms with Gasteiger partial charge in [-0.3, -0.25) is 0 Å². The van der Waals surface area contributed by atoms with Gasteiger partial charge in [-0.25, -0.2) is 0 Å². The molecule has 0 N–H and O–H groups in total. The first-order valence-electron chi connectivity index (χ1n) is 37.8. The number of rotatable bonds is 7. The Kier molecular flexibility index (Phi) is 19.6. The second kappa shape index (κ2) is 31.1. The van der Waals surface area contributed by atoms with Crippen LogP contribution in [0.1, 0.15) is 0 Å². The van der Waals surface area contributed by atoms with Crippen LogP contribution < -0.4 is 0 Å². The fourth-order valence-corrected chi connectivity index (χ4v) is 22.7. The minimum atomic E-state index is 1.09. The molecule has 23 rings (SSSR count). The maximum Gasteiger partial charge on any atom is 0.0440 e. The van der Waals surface area contributed by atoms with Gasteiger partial charge in [0.1, 0.15) is 0 Å². The molecule has 8 heteroatoms. The summed E-state index contributed by atoms with van der Waals surface area (Å²) in [6.07, 6.45) is 0. The molecule has 19 aromatic carbocycles. The van der Waals surface area contributed by atoms with Gasteiger partial charge in [0.25, 0.3) is 0 Å². The van der Waals surface area contributed by atoms with E-state index in [0.717, 1.165) is 17.9 Å². The van der Waals surface area contributed by atoms with Crippen LogP contribution in [0.15, 0.2) is 406 Å². The minimum Gasteiger partial charge on any atom is -0.135 e. The van der Waals surface area contributed by atoms with Crippen molar-refractivity contribution in [2.45, 2.75) is 0 Å². The molecular formula is C106H64Br4S4. The van der Waals surface area contributed by atoms with E-state index >= 15 is 0 Å². The van der Waals surface area contributed by atoms with Gasteiger partial charge in [0.15, 0.2) is 0 Å². The van der Waals surface area contributed by atoms with E-state index in [-0.39, 0.29) is 0 Å². The first-order chi connectivity index (χ1) is 56.1. The third kappa shape index (κ3) is 13.9. The highest BCUT2D eigenvalue weighted by Crippen LogP contribution is 2.49. The molecule has 0 fully saturated rings. The molecule has 4 aromatic heterocycles. The van der Waals surface area contributed by atoms with Gasteiger partial charge in [-0.2, -0.15) is 0 Å². The summed E-state index contributed by atoms with van der Waals surface area (Å²) in [5, 5.41) is 21.2. The molecule has 0 unspecified atom stereocenters. The van der Waals surface area contributed by atoms with E-state index in [2.05, 4.69) is 452 Å². The predicted octanol–water partition coefficient (Wildman–Crippen LogP) is 35.5. The smallest absolute Gasteiger partial charge is 0.0440 e. The number of hydrogen-bond donors (Lipinski definition) is 0. The topological polar surface area (TPSA) is 0 Å². The van der Waals surface area contributed by atoms with Gasteiger partial charge >= 0.3 is 0 Å². The fourth-order valence-electron chi connectivity index (χ4n) is 16.3. The summed E-state index contributed by atoms with van der Waals surface area (Å²) < 4.78 is 15.3. The predicted molar refractivity (Wildman–Crippen MR) is 516 cm³/mol. The fraction of sp³-hybridized carbons (Fsp3) is 0. The molecule has 0 aliphatic heterocycles. The molecule has 0 nitrogen and oxygen atoms in total. The second-order valence-corrected chi connectivity index (χ2v) is 36.5. The molecule has 0 radical (unpaired) electrons. The van der Waals surface area contributed by atoms with Crippen molar-refractivity contribution < 1.29 is 0 Å². The summed E-state index contributed by atoms with van der Waals surface area (Å²) in [5.41, 5.74) is 17.6. The summed E-state index contributed by atoms with van der Waals surface area (Å²) in [5.74, 6) is 0. The Morgan fingerprint density at radius 1 is 0.158 bits per heavy atom. The van der Waals surface area contributed by atoms with Gasteiger partial charge in [-0.15, -0.1) is 45.3 Å². The Labute approximate surface area is 709 Å². The van der Waals surface area contributed by atoms with E-state index in [9.17, 15) is 0 Å². The molecule has 0 spiro atoms. The molecule has 23 aromatic rings. The van der Waals surface area contributed by atoms with Crippen molar-refractivity contribution in [3.63, 3.8) is 0 Å². The third-order valence-electron chi connectivity index (χ3n) is 21.7. The number of benzene rings is 19. The number of fused-ring (bicyclic) bond motifs is 18. The van der Waals surface area contributed by atoms with Crippen molar-refractivity contribution in [2.75, 3.05) is 0 Å². The number of thiophene rings is 4. The van der Waals surface area contributed by atoms with Crippen LogP contribution in [-0.4, -0.2) is 0 Å². The van der Waals surface area contributed by atoms with Crippen molar-refractivity contribution in [3.8, 4) is 77.9 Å². The Hall–Kier alpha value is -11.0. The average molecular weight is 1790 g/mol. The van der Waals surface area contributed by atoms with Crippen molar-refractivity contribution in [2.24, 2.45) is 0 Å². The van der Waals surface area contributed by atoms with Crippen LogP contribution in [0.3, 0.4) is 0 Å². The van der Waals surface area contributed by atoms with Crippen LogP contribution in [0.4, 0.5) is 0 Å². The second-order valence-electron chi connectivity index (χ2n) is 28.6. The van der Waals surface area contributed by atoms with Crippen molar-refractivity contribution >= 4 is 233 Å². The quantitative estimate of drug-likeness (QED) is 0.149. The lowest BCUT2D eigenvalue weighted by molar-refractivity contribution is 1.57. The van der Waals surface area contributed by atoms with Gasteiger partial charge in [0.2, 0.25) is 0 Å². The average Bonchev–Trinajstić information content (AvgIpc) is 1.57. The molecule has 0 saturated heterocycles. The minimum absolute atomic E-state index is 1.09. The molecule has 0 aliphatic carbocycles. The van der Waals surface area contributed by atoms with Crippen molar-refractivity contribution in [1.82, 2.24) is 0 Å². The largest absolute Gasteiger partial charge is 0.135 e. The van der Waals surface area contributed by atoms with Crippen LogP contribution >= 0.6 is 109 Å². The maximum atomic E-state index is 3.77. The van der Waals surface area contributed by atoms with E-state index in [1.54, 1.807) is 0 Å². The highest BCUT2D eigenvalue weighted by atomic mass is 79.9.